The van der Waals surface area contributed by atoms with Crippen molar-refractivity contribution in [1.29, 1.82) is 0 Å². The molecule has 0 bridgehead atoms. The summed E-state index contributed by atoms with van der Waals surface area (Å²) in [6, 6.07) is 0. The van der Waals surface area contributed by atoms with Gasteiger partial charge in [-0.2, -0.15) is 5.10 Å². The molecule has 0 saturated carbocycles. The van der Waals surface area contributed by atoms with Crippen molar-refractivity contribution in [1.82, 2.24) is 24.7 Å². The van der Waals surface area contributed by atoms with Gasteiger partial charge in [0.15, 0.2) is 0 Å². The maximum Gasteiger partial charge on any atom is 0.214 e. The molecule has 3 rings (SSSR count). The van der Waals surface area contributed by atoms with Crippen molar-refractivity contribution in [2.45, 2.75) is 25.5 Å². The molecule has 0 fully saturated rings. The minimum Gasteiger partial charge on any atom is -0.290 e. The second kappa shape index (κ2) is 3.92. The number of aromatic nitrogens is 5. The van der Waals surface area contributed by atoms with Crippen LogP contribution in [0.3, 0.4) is 0 Å². The molecule has 1 aliphatic heterocycles. The number of nitrogens with one attached hydrogen (secondary N) is 1. The lowest BCUT2D eigenvalue weighted by Gasteiger charge is -2.15. The molecule has 0 saturated heterocycles. The molecule has 3 heterocycles. The highest BCUT2D eigenvalue weighted by molar-refractivity contribution is 8.02. The Bertz CT molecular complexity index is 581. The van der Waals surface area contributed by atoms with Crippen LogP contribution in [0.5, 0.6) is 0 Å². The van der Waals surface area contributed by atoms with Crippen LogP contribution >= 0.6 is 11.8 Å². The largest absolute Gasteiger partial charge is 0.290 e. The van der Waals surface area contributed by atoms with Crippen LogP contribution in [0.15, 0.2) is 23.1 Å². The maximum absolute atomic E-state index is 4.43. The van der Waals surface area contributed by atoms with Gasteiger partial charge >= 0.3 is 0 Å². The molecule has 0 aromatic carbocycles. The molecule has 0 atom stereocenters. The van der Waals surface area contributed by atoms with Gasteiger partial charge in [-0.05, 0) is 13.8 Å². The SMILES string of the molecule is CCn1cc(C2=CSc3nncn3N2)c(C)n1. The summed E-state index contributed by atoms with van der Waals surface area (Å²) in [5.74, 6) is 0. The van der Waals surface area contributed by atoms with Crippen molar-refractivity contribution >= 4 is 17.5 Å². The van der Waals surface area contributed by atoms with E-state index in [9.17, 15) is 0 Å². The smallest absolute Gasteiger partial charge is 0.214 e. The van der Waals surface area contributed by atoms with E-state index in [0.717, 1.165) is 28.7 Å². The van der Waals surface area contributed by atoms with E-state index in [-0.39, 0.29) is 0 Å². The van der Waals surface area contributed by atoms with E-state index in [1.54, 1.807) is 18.1 Å². The van der Waals surface area contributed by atoms with Crippen LogP contribution in [0, 0.1) is 6.92 Å². The molecule has 0 spiro atoms. The number of nitrogens with zero attached hydrogens (tertiary/aromatic N) is 5. The van der Waals surface area contributed by atoms with Gasteiger partial charge < -0.3 is 0 Å². The van der Waals surface area contributed by atoms with Gasteiger partial charge in [0.1, 0.15) is 6.33 Å². The molecule has 0 unspecified atom stereocenters. The Labute approximate surface area is 103 Å². The maximum atomic E-state index is 4.43. The van der Waals surface area contributed by atoms with Gasteiger partial charge in [-0.15, -0.1) is 10.2 Å². The number of hydrogen-bond donors (Lipinski definition) is 1. The number of thioether (sulfide) groups is 1. The van der Waals surface area contributed by atoms with E-state index in [1.165, 1.54) is 0 Å². The Morgan fingerprint density at radius 3 is 3.12 bits per heavy atom. The van der Waals surface area contributed by atoms with E-state index < -0.39 is 0 Å². The van der Waals surface area contributed by atoms with Crippen molar-refractivity contribution in [2.24, 2.45) is 0 Å². The van der Waals surface area contributed by atoms with E-state index in [0.29, 0.717) is 0 Å². The van der Waals surface area contributed by atoms with Gasteiger partial charge in [-0.25, -0.2) is 4.68 Å². The van der Waals surface area contributed by atoms with E-state index >= 15 is 0 Å². The zero-order valence-corrected chi connectivity index (χ0v) is 10.4. The van der Waals surface area contributed by atoms with Crippen LogP contribution in [-0.4, -0.2) is 24.7 Å². The molecule has 0 radical (unpaired) electrons. The molecule has 7 heteroatoms. The predicted molar refractivity (Wildman–Crippen MR) is 65.9 cm³/mol. The van der Waals surface area contributed by atoms with Crippen LogP contribution in [0.1, 0.15) is 18.2 Å². The molecule has 17 heavy (non-hydrogen) atoms. The first-order chi connectivity index (χ1) is 8.28. The summed E-state index contributed by atoms with van der Waals surface area (Å²) < 4.78 is 3.74. The van der Waals surface area contributed by atoms with Crippen molar-refractivity contribution in [2.75, 3.05) is 5.43 Å². The Morgan fingerprint density at radius 2 is 2.35 bits per heavy atom. The van der Waals surface area contributed by atoms with E-state index in [2.05, 4.69) is 27.6 Å². The summed E-state index contributed by atoms with van der Waals surface area (Å²) in [6.45, 7) is 4.96. The van der Waals surface area contributed by atoms with E-state index in [1.807, 2.05) is 27.9 Å². The summed E-state index contributed by atoms with van der Waals surface area (Å²) >= 11 is 1.55. The van der Waals surface area contributed by atoms with Gasteiger partial charge in [-0.1, -0.05) is 11.8 Å². The van der Waals surface area contributed by atoms with E-state index in [4.69, 9.17) is 0 Å². The van der Waals surface area contributed by atoms with Gasteiger partial charge in [0.25, 0.3) is 0 Å². The third-order valence-electron chi connectivity index (χ3n) is 2.60. The van der Waals surface area contributed by atoms with Crippen LogP contribution in [-0.2, 0) is 6.54 Å². The monoisotopic (exact) mass is 248 g/mol. The Morgan fingerprint density at radius 1 is 1.47 bits per heavy atom. The first-order valence-electron chi connectivity index (χ1n) is 5.36. The van der Waals surface area contributed by atoms with Crippen molar-refractivity contribution in [3.63, 3.8) is 0 Å². The van der Waals surface area contributed by atoms with Crippen molar-refractivity contribution in [3.05, 3.63) is 29.2 Å². The fraction of sp³-hybridized carbons (Fsp3) is 0.300. The van der Waals surface area contributed by atoms with Crippen LogP contribution in [0.25, 0.3) is 5.70 Å². The summed E-state index contributed by atoms with van der Waals surface area (Å²) in [6.07, 6.45) is 3.71. The predicted octanol–water partition coefficient (Wildman–Crippen LogP) is 1.45. The average molecular weight is 248 g/mol. The highest BCUT2D eigenvalue weighted by atomic mass is 32.2. The first-order valence-corrected chi connectivity index (χ1v) is 6.24. The van der Waals surface area contributed by atoms with Gasteiger partial charge in [0.05, 0.1) is 11.4 Å². The zero-order valence-electron chi connectivity index (χ0n) is 9.58. The summed E-state index contributed by atoms with van der Waals surface area (Å²) in [5.41, 5.74) is 6.40. The minimum atomic E-state index is 0.842. The fourth-order valence-corrected chi connectivity index (χ4v) is 2.42. The molecule has 1 N–H and O–H groups in total. The lowest BCUT2D eigenvalue weighted by molar-refractivity contribution is 0.653. The van der Waals surface area contributed by atoms with Crippen molar-refractivity contribution < 1.29 is 0 Å². The molecule has 88 valence electrons. The third-order valence-corrected chi connectivity index (χ3v) is 3.44. The van der Waals surface area contributed by atoms with Crippen LogP contribution < -0.4 is 5.43 Å². The highest BCUT2D eigenvalue weighted by Gasteiger charge is 2.16. The second-order valence-corrected chi connectivity index (χ2v) is 4.57. The molecular weight excluding hydrogens is 236 g/mol. The molecule has 2 aromatic heterocycles. The molecule has 0 amide bonds. The number of aryl methyl sites for hydroxylation is 2. The summed E-state index contributed by atoms with van der Waals surface area (Å²) in [5, 5.41) is 15.1. The lowest BCUT2D eigenvalue weighted by atomic mass is 10.2. The van der Waals surface area contributed by atoms with Crippen LogP contribution in [0.4, 0.5) is 0 Å². The Kier molecular flexibility index (Phi) is 2.40. The molecule has 2 aromatic rings. The third kappa shape index (κ3) is 1.72. The van der Waals surface area contributed by atoms with Gasteiger partial charge in [0.2, 0.25) is 5.16 Å². The highest BCUT2D eigenvalue weighted by Crippen LogP contribution is 2.28. The zero-order chi connectivity index (χ0) is 11.8. The van der Waals surface area contributed by atoms with Crippen molar-refractivity contribution in [3.8, 4) is 0 Å². The van der Waals surface area contributed by atoms with Gasteiger partial charge in [0, 0.05) is 23.7 Å². The minimum absolute atomic E-state index is 0.842. The number of fused-ring (bicyclic) bond motifs is 1. The van der Waals surface area contributed by atoms with Crippen LogP contribution in [0.2, 0.25) is 0 Å². The average Bonchev–Trinajstić information content (AvgIpc) is 2.93. The summed E-state index contributed by atoms with van der Waals surface area (Å²) in [4.78, 5) is 0. The summed E-state index contributed by atoms with van der Waals surface area (Å²) in [7, 11) is 0. The topological polar surface area (TPSA) is 60.6 Å². The quantitative estimate of drug-likeness (QED) is 0.871. The standard InChI is InChI=1S/C10H12N6S/c1-3-15-4-8(7(2)13-15)9-5-17-10-12-11-6-16(10)14-9/h4-6,14H,3H2,1-2H3. The van der Waals surface area contributed by atoms with Gasteiger partial charge in [-0.3, -0.25) is 10.1 Å². The lowest BCUT2D eigenvalue weighted by Crippen LogP contribution is -2.16. The first kappa shape index (κ1) is 10.4. The second-order valence-electron chi connectivity index (χ2n) is 3.73. The Hall–Kier alpha value is -1.76. The molecular formula is C10H12N6S. The molecule has 0 aliphatic carbocycles. The number of hydrogen-bond acceptors (Lipinski definition) is 5. The molecule has 1 aliphatic rings. The Balaban J connectivity index is 1.95. The number of rotatable bonds is 2. The normalized spacial score (nSPS) is 14.1. The molecule has 6 nitrogen and oxygen atoms in total. The fourth-order valence-electron chi connectivity index (χ4n) is 1.72.